The molecule has 10 aliphatic rings. The molecule has 3 N–H and O–H groups in total. The second-order valence-electron chi connectivity index (χ2n) is 33.5. The first-order valence-electron chi connectivity index (χ1n) is 39.9. The Morgan fingerprint density at radius 1 is 0.400 bits per heavy atom. The van der Waals surface area contributed by atoms with E-state index in [4.69, 9.17) is 28.6 Å². The molecule has 0 bridgehead atoms. The SMILES string of the molecule is C.C.C.CC1(C)OB(c2ccc(C3CC34CCN(C(=O)[C@H]3CCCO3)CC4)cc2)OC1(C)C.O=C(O)c1ccnc2cc(-c3ccc([C@@H]4CC45CCN(C(=O)[C@H]4CCCO4)CC5)cc3)ccc12.O=C(O)c1ccnc2cc(-c3ccc([C@H]4CC45CCN(C(=O)[C@H]4CCCO4)CC5)cc3)ccc12.O=C(O)c1ccnc2cc(Br)ccc12. The molecule has 7 aliphatic heterocycles. The first kappa shape index (κ1) is 83.7. The molecule has 6 aromatic carbocycles. The van der Waals surface area contributed by atoms with Crippen molar-refractivity contribution in [3.8, 4) is 22.3 Å². The highest BCUT2D eigenvalue weighted by Gasteiger charge is 2.59. The number of hydrogen-bond donors (Lipinski definition) is 3. The van der Waals surface area contributed by atoms with Crippen LogP contribution in [-0.2, 0) is 37.9 Å². The minimum Gasteiger partial charge on any atom is -0.478 e. The van der Waals surface area contributed by atoms with Crippen LogP contribution in [0, 0.1) is 16.2 Å². The monoisotopic (exact) mass is 1620 g/mol. The molecule has 3 saturated carbocycles. The summed E-state index contributed by atoms with van der Waals surface area (Å²) < 4.78 is 30.0. The van der Waals surface area contributed by atoms with Gasteiger partial charge in [-0.3, -0.25) is 29.3 Å². The van der Waals surface area contributed by atoms with Crippen molar-refractivity contribution in [1.29, 1.82) is 0 Å². The van der Waals surface area contributed by atoms with Crippen molar-refractivity contribution in [3.05, 3.63) is 202 Å². The largest absolute Gasteiger partial charge is 0.494 e. The average Bonchev–Trinajstić information content (AvgIpc) is 1.58. The Balaban J connectivity index is 0.000000137. The lowest BCUT2D eigenvalue weighted by molar-refractivity contribution is -0.143. The molecule has 1 unspecified atom stereocenters. The Morgan fingerprint density at radius 2 is 0.696 bits per heavy atom. The van der Waals surface area contributed by atoms with E-state index in [1.165, 1.54) is 60.3 Å². The Kier molecular flexibility index (Phi) is 24.8. The number of carbonyl (C=O) groups is 6. The zero-order chi connectivity index (χ0) is 77.8. The van der Waals surface area contributed by atoms with Crippen molar-refractivity contribution in [2.45, 2.75) is 194 Å². The van der Waals surface area contributed by atoms with Crippen LogP contribution in [0.3, 0.4) is 0 Å². The zero-order valence-electron chi connectivity index (χ0n) is 64.0. The van der Waals surface area contributed by atoms with Gasteiger partial charge in [0.05, 0.1) is 44.4 Å². The summed E-state index contributed by atoms with van der Waals surface area (Å²) in [4.78, 5) is 90.6. The molecule has 6 atom stereocenters. The molecule has 22 heteroatoms. The molecule has 19 rings (SSSR count). The van der Waals surface area contributed by atoms with Crippen LogP contribution < -0.4 is 5.46 Å². The number of fused-ring (bicyclic) bond motifs is 3. The van der Waals surface area contributed by atoms with E-state index in [1.54, 1.807) is 30.6 Å². The number of halogens is 1. The minimum atomic E-state index is -0.940. The number of hydrogen-bond acceptors (Lipinski definition) is 14. The standard InChI is InChI=1S/2C28H28N2O4.C24H34BNO4.C10H6BrNO2.3CH4/c2*31-26(25-2-1-15-34-25)30-13-10-28(11-14-30)17-23(28)19-5-3-18(4-6-19)20-7-8-21-22(27(32)33)9-12-29-24(21)16-20;1-22(2)23(3,4)30-25(29-22)18-9-7-17(8-10-18)19-16-24(19)11-13-26(14-12-24)21(27)20-6-5-15-28-20;11-6-1-2-7-8(10(13)14)3-4-12-9(7)5-6;;;/h2*3-9,12,16,23,25H,1-2,10-11,13-15,17H2,(H,32,33);7-10,19-20H,5-6,11-16H2,1-4H3;1-5H,(H,13,14);3*1H4/t23-,25+;23-,25-;19?,20-;;;;/m011..../s1. The highest BCUT2D eigenvalue weighted by atomic mass is 79.9. The molecule has 10 heterocycles. The highest BCUT2D eigenvalue weighted by molar-refractivity contribution is 9.10. The maximum absolute atomic E-state index is 12.7. The number of rotatable bonds is 12. The third-order valence-electron chi connectivity index (χ3n) is 26.4. The minimum absolute atomic E-state index is 0. The summed E-state index contributed by atoms with van der Waals surface area (Å²) in [6.07, 6.45) is 19.7. The van der Waals surface area contributed by atoms with E-state index in [1.807, 2.05) is 51.1 Å². The van der Waals surface area contributed by atoms with E-state index in [0.29, 0.717) is 79.9 Å². The first-order valence-corrected chi connectivity index (χ1v) is 40.7. The van der Waals surface area contributed by atoms with Gasteiger partial charge in [-0.25, -0.2) is 14.4 Å². The molecule has 10 fully saturated rings. The number of amides is 3. The fourth-order valence-corrected chi connectivity index (χ4v) is 18.9. The van der Waals surface area contributed by atoms with Gasteiger partial charge in [0.1, 0.15) is 18.3 Å². The third-order valence-corrected chi connectivity index (χ3v) is 26.9. The zero-order valence-corrected chi connectivity index (χ0v) is 65.6. The number of ether oxygens (including phenoxy) is 3. The van der Waals surface area contributed by atoms with Crippen molar-refractivity contribution in [2.24, 2.45) is 16.2 Å². The van der Waals surface area contributed by atoms with Crippen molar-refractivity contribution in [1.82, 2.24) is 29.7 Å². The molecule has 3 aromatic heterocycles. The Labute approximate surface area is 683 Å². The van der Waals surface area contributed by atoms with Gasteiger partial charge in [-0.15, -0.1) is 0 Å². The molecule has 3 spiro atoms. The van der Waals surface area contributed by atoms with Gasteiger partial charge < -0.3 is 53.5 Å². The van der Waals surface area contributed by atoms with Crippen LogP contribution in [0.15, 0.2) is 169 Å². The molecule has 0 radical (unpaired) electrons. The van der Waals surface area contributed by atoms with Gasteiger partial charge in [-0.1, -0.05) is 141 Å². The fourth-order valence-electron chi connectivity index (χ4n) is 18.6. The summed E-state index contributed by atoms with van der Waals surface area (Å²) in [7, 11) is -0.302. The number of piperidine rings is 3. The van der Waals surface area contributed by atoms with E-state index in [9.17, 15) is 39.0 Å². The van der Waals surface area contributed by atoms with Crippen LogP contribution in [0.1, 0.15) is 212 Å². The van der Waals surface area contributed by atoms with Gasteiger partial charge in [-0.2, -0.15) is 0 Å². The first-order chi connectivity index (χ1) is 54.0. The predicted octanol–water partition coefficient (Wildman–Crippen LogP) is 17.6. The van der Waals surface area contributed by atoms with Crippen molar-refractivity contribution in [2.75, 3.05) is 59.1 Å². The topological polar surface area (TPSA) is 258 Å². The number of carboxylic acid groups (broad SMARTS) is 3. The van der Waals surface area contributed by atoms with Crippen molar-refractivity contribution < 1.29 is 67.6 Å². The third kappa shape index (κ3) is 17.3. The van der Waals surface area contributed by atoms with E-state index >= 15 is 0 Å². The number of aromatic carboxylic acids is 3. The predicted molar refractivity (Wildman–Crippen MR) is 451 cm³/mol. The van der Waals surface area contributed by atoms with Gasteiger partial charge in [0.2, 0.25) is 0 Å². The number of carbonyl (C=O) groups excluding carboxylic acids is 3. The maximum Gasteiger partial charge on any atom is 0.494 e. The summed E-state index contributed by atoms with van der Waals surface area (Å²) in [5, 5.41) is 29.7. The van der Waals surface area contributed by atoms with Crippen LogP contribution in [0.2, 0.25) is 0 Å². The fraction of sp³-hybridized carbons (Fsp3) is 0.452. The molecule has 3 aliphatic carbocycles. The van der Waals surface area contributed by atoms with Gasteiger partial charge in [0, 0.05) is 98.3 Å². The highest BCUT2D eigenvalue weighted by Crippen LogP contribution is 2.67. The van der Waals surface area contributed by atoms with Crippen LogP contribution in [0.4, 0.5) is 0 Å². The normalized spacial score (nSPS) is 23.2. The van der Waals surface area contributed by atoms with Crippen LogP contribution >= 0.6 is 15.9 Å². The summed E-state index contributed by atoms with van der Waals surface area (Å²) in [6, 6.07) is 47.8. The number of aromatic nitrogens is 3. The maximum atomic E-state index is 12.7. The number of likely N-dealkylation sites (tertiary alicyclic amines) is 3. The summed E-state index contributed by atoms with van der Waals surface area (Å²) in [5.41, 5.74) is 12.8. The number of nitrogens with zero attached hydrogens (tertiary/aromatic N) is 6. The molecular formula is C93H108BBrN6O14. The van der Waals surface area contributed by atoms with Crippen LogP contribution in [0.5, 0.6) is 0 Å². The lowest BCUT2D eigenvalue weighted by Crippen LogP contribution is -2.44. The van der Waals surface area contributed by atoms with Crippen molar-refractivity contribution >= 4 is 96.8 Å². The van der Waals surface area contributed by atoms with E-state index in [-0.39, 0.29) is 93.3 Å². The van der Waals surface area contributed by atoms with Gasteiger partial charge in [0.25, 0.3) is 17.7 Å². The van der Waals surface area contributed by atoms with Gasteiger partial charge in [-0.05, 0) is 245 Å². The lowest BCUT2D eigenvalue weighted by atomic mass is 9.78. The Hall–Kier alpha value is -9.29. The van der Waals surface area contributed by atoms with E-state index in [0.717, 1.165) is 155 Å². The molecule has 115 heavy (non-hydrogen) atoms. The molecule has 9 aromatic rings. The van der Waals surface area contributed by atoms with E-state index < -0.39 is 17.9 Å². The summed E-state index contributed by atoms with van der Waals surface area (Å²) in [6.45, 7) is 15.6. The number of carboxylic acids is 3. The summed E-state index contributed by atoms with van der Waals surface area (Å²) in [5.74, 6) is -0.468. The van der Waals surface area contributed by atoms with Gasteiger partial charge >= 0.3 is 25.0 Å². The Bertz CT molecular complexity index is 4840. The van der Waals surface area contributed by atoms with Crippen LogP contribution in [-0.4, -0.2) is 176 Å². The quantitative estimate of drug-likeness (QED) is 0.0961. The van der Waals surface area contributed by atoms with Crippen molar-refractivity contribution in [3.63, 3.8) is 0 Å². The smallest absolute Gasteiger partial charge is 0.478 e. The second kappa shape index (κ2) is 34.1. The molecular weight excluding hydrogens is 1520 g/mol. The lowest BCUT2D eigenvalue weighted by Gasteiger charge is -2.34. The number of benzene rings is 6. The average molecular weight is 1620 g/mol. The van der Waals surface area contributed by atoms with Gasteiger partial charge in [0.15, 0.2) is 0 Å². The van der Waals surface area contributed by atoms with Crippen LogP contribution in [0.25, 0.3) is 55.0 Å². The molecule has 7 saturated heterocycles. The second-order valence-corrected chi connectivity index (χ2v) is 34.4. The molecule has 604 valence electrons. The van der Waals surface area contributed by atoms with E-state index in [2.05, 4.69) is 131 Å². The molecule has 3 amide bonds. The Morgan fingerprint density at radius 3 is 1.00 bits per heavy atom. The molecule has 20 nitrogen and oxygen atoms in total. The number of pyridine rings is 3. The summed E-state index contributed by atoms with van der Waals surface area (Å²) >= 11 is 3.31.